The molecular weight excluding hydrogens is 354 g/mol. The number of rotatable bonds is 22. The van der Waals surface area contributed by atoms with E-state index in [1.807, 2.05) is 0 Å². The summed E-state index contributed by atoms with van der Waals surface area (Å²) in [6.07, 6.45) is 26.6. The van der Waals surface area contributed by atoms with E-state index in [1.54, 1.807) is 0 Å². The molecule has 29 heavy (non-hydrogen) atoms. The van der Waals surface area contributed by atoms with Gasteiger partial charge >= 0.3 is 0 Å². The molecule has 0 aromatic carbocycles. The van der Waals surface area contributed by atoms with Crippen LogP contribution in [0.15, 0.2) is 0 Å². The van der Waals surface area contributed by atoms with Crippen LogP contribution < -0.4 is 5.32 Å². The highest BCUT2D eigenvalue weighted by atomic mass is 16.3. The normalized spacial score (nSPS) is 11.9. The summed E-state index contributed by atoms with van der Waals surface area (Å²) in [4.78, 5) is 0. The highest BCUT2D eigenvalue weighted by molar-refractivity contribution is 4.60. The van der Waals surface area contributed by atoms with E-state index >= 15 is 0 Å². The van der Waals surface area contributed by atoms with Gasteiger partial charge in [0.1, 0.15) is 0 Å². The first-order chi connectivity index (χ1) is 14.2. The van der Waals surface area contributed by atoms with Crippen LogP contribution in [-0.2, 0) is 0 Å². The van der Waals surface area contributed by atoms with Crippen LogP contribution in [0.3, 0.4) is 0 Å². The van der Waals surface area contributed by atoms with E-state index in [9.17, 15) is 5.11 Å². The van der Waals surface area contributed by atoms with E-state index in [4.69, 9.17) is 0 Å². The van der Waals surface area contributed by atoms with Crippen LogP contribution in [-0.4, -0.2) is 24.3 Å². The molecule has 0 radical (unpaired) electrons. The van der Waals surface area contributed by atoms with Gasteiger partial charge in [-0.25, -0.2) is 0 Å². The first-order valence-corrected chi connectivity index (χ1v) is 13.6. The standard InChI is InChI=1S/C20H43NO.C7H16/c1-3-5-7-9-11-12-13-15-17-20(22)19-21-18-16-14-10-8-6-4-2;1-3-5-7-6-4-2/h20-22H,3-19H2,1-2H3;3-7H2,1-2H3. The average Bonchev–Trinajstić information content (AvgIpc) is 2.73. The molecular formula is C27H59NO. The fourth-order valence-electron chi connectivity index (χ4n) is 3.59. The van der Waals surface area contributed by atoms with E-state index in [1.165, 1.54) is 122 Å². The molecule has 1 atom stereocenters. The van der Waals surface area contributed by atoms with Gasteiger partial charge in [-0.1, -0.05) is 143 Å². The second kappa shape index (κ2) is 30.1. The Hall–Kier alpha value is -0.0800. The first kappa shape index (κ1) is 31.1. The van der Waals surface area contributed by atoms with Crippen LogP contribution in [0.2, 0.25) is 0 Å². The second-order valence-electron chi connectivity index (χ2n) is 8.95. The van der Waals surface area contributed by atoms with Gasteiger partial charge in [0.15, 0.2) is 0 Å². The minimum Gasteiger partial charge on any atom is -0.392 e. The van der Waals surface area contributed by atoms with Gasteiger partial charge in [0, 0.05) is 6.54 Å². The molecule has 0 aliphatic rings. The van der Waals surface area contributed by atoms with Gasteiger partial charge in [-0.3, -0.25) is 0 Å². The molecule has 2 heteroatoms. The number of hydrogen-bond donors (Lipinski definition) is 2. The first-order valence-electron chi connectivity index (χ1n) is 13.6. The molecule has 0 fully saturated rings. The Morgan fingerprint density at radius 2 is 0.828 bits per heavy atom. The lowest BCUT2D eigenvalue weighted by Gasteiger charge is -2.11. The quantitative estimate of drug-likeness (QED) is 0.174. The Kier molecular flexibility index (Phi) is 32.3. The van der Waals surface area contributed by atoms with E-state index in [0.717, 1.165) is 19.5 Å². The van der Waals surface area contributed by atoms with Gasteiger partial charge in [-0.05, 0) is 19.4 Å². The van der Waals surface area contributed by atoms with Crippen molar-refractivity contribution in [1.29, 1.82) is 0 Å². The smallest absolute Gasteiger partial charge is 0.0664 e. The van der Waals surface area contributed by atoms with Gasteiger partial charge in [0.25, 0.3) is 0 Å². The fraction of sp³-hybridized carbons (Fsp3) is 1.00. The number of aliphatic hydroxyl groups is 1. The van der Waals surface area contributed by atoms with Crippen molar-refractivity contribution in [1.82, 2.24) is 5.32 Å². The van der Waals surface area contributed by atoms with Crippen molar-refractivity contribution in [3.8, 4) is 0 Å². The molecule has 178 valence electrons. The number of unbranched alkanes of at least 4 members (excludes halogenated alkanes) is 16. The lowest BCUT2D eigenvalue weighted by atomic mass is 10.1. The van der Waals surface area contributed by atoms with Crippen molar-refractivity contribution in [3.05, 3.63) is 0 Å². The Labute approximate surface area is 186 Å². The third-order valence-electron chi connectivity index (χ3n) is 5.69. The summed E-state index contributed by atoms with van der Waals surface area (Å²) in [5.41, 5.74) is 0. The zero-order valence-corrected chi connectivity index (χ0v) is 21.1. The molecule has 0 saturated heterocycles. The SMILES string of the molecule is CCCCCCC.CCCCCCCCCCC(O)CNCCCCCCCC. The van der Waals surface area contributed by atoms with Crippen molar-refractivity contribution < 1.29 is 5.11 Å². The average molecular weight is 414 g/mol. The van der Waals surface area contributed by atoms with Crippen LogP contribution in [0.4, 0.5) is 0 Å². The second-order valence-corrected chi connectivity index (χ2v) is 8.95. The number of hydrogen-bond acceptors (Lipinski definition) is 2. The molecule has 0 spiro atoms. The summed E-state index contributed by atoms with van der Waals surface area (Å²) in [6.45, 7) is 10.9. The minimum absolute atomic E-state index is 0.139. The van der Waals surface area contributed by atoms with Crippen LogP contribution >= 0.6 is 0 Å². The number of nitrogens with one attached hydrogen (secondary N) is 1. The van der Waals surface area contributed by atoms with Crippen molar-refractivity contribution in [3.63, 3.8) is 0 Å². The van der Waals surface area contributed by atoms with Crippen molar-refractivity contribution in [2.45, 2.75) is 162 Å². The summed E-state index contributed by atoms with van der Waals surface area (Å²) in [5, 5.41) is 13.3. The highest BCUT2D eigenvalue weighted by Crippen LogP contribution is 2.10. The Morgan fingerprint density at radius 3 is 1.28 bits per heavy atom. The van der Waals surface area contributed by atoms with Gasteiger partial charge in [0.05, 0.1) is 6.10 Å². The maximum Gasteiger partial charge on any atom is 0.0664 e. The largest absolute Gasteiger partial charge is 0.392 e. The summed E-state index contributed by atoms with van der Waals surface area (Å²) >= 11 is 0. The Bertz CT molecular complexity index is 233. The number of aliphatic hydroxyl groups excluding tert-OH is 1. The molecule has 0 aliphatic carbocycles. The van der Waals surface area contributed by atoms with Crippen LogP contribution in [0.5, 0.6) is 0 Å². The van der Waals surface area contributed by atoms with Crippen LogP contribution in [0.25, 0.3) is 0 Å². The van der Waals surface area contributed by atoms with Crippen LogP contribution in [0.1, 0.15) is 156 Å². The lowest BCUT2D eigenvalue weighted by Crippen LogP contribution is -2.27. The van der Waals surface area contributed by atoms with Gasteiger partial charge in [-0.15, -0.1) is 0 Å². The van der Waals surface area contributed by atoms with E-state index in [0.29, 0.717) is 0 Å². The van der Waals surface area contributed by atoms with Gasteiger partial charge in [0.2, 0.25) is 0 Å². The molecule has 0 aliphatic heterocycles. The maximum atomic E-state index is 9.93. The molecule has 0 amide bonds. The summed E-state index contributed by atoms with van der Waals surface area (Å²) < 4.78 is 0. The molecule has 0 aromatic rings. The van der Waals surface area contributed by atoms with Crippen LogP contribution in [0, 0.1) is 0 Å². The van der Waals surface area contributed by atoms with E-state index < -0.39 is 0 Å². The van der Waals surface area contributed by atoms with E-state index in [2.05, 4.69) is 33.0 Å². The van der Waals surface area contributed by atoms with Crippen molar-refractivity contribution in [2.75, 3.05) is 13.1 Å². The highest BCUT2D eigenvalue weighted by Gasteiger charge is 2.03. The summed E-state index contributed by atoms with van der Waals surface area (Å²) in [6, 6.07) is 0. The summed E-state index contributed by atoms with van der Waals surface area (Å²) in [7, 11) is 0. The molecule has 1 unspecified atom stereocenters. The molecule has 0 saturated carbocycles. The predicted octanol–water partition coefficient (Wildman–Crippen LogP) is 8.80. The molecule has 2 N–H and O–H groups in total. The molecule has 0 rings (SSSR count). The Morgan fingerprint density at radius 1 is 0.483 bits per heavy atom. The van der Waals surface area contributed by atoms with E-state index in [-0.39, 0.29) is 6.10 Å². The van der Waals surface area contributed by atoms with Gasteiger partial charge in [-0.2, -0.15) is 0 Å². The Balaban J connectivity index is 0. The van der Waals surface area contributed by atoms with Crippen molar-refractivity contribution >= 4 is 0 Å². The topological polar surface area (TPSA) is 32.3 Å². The molecule has 0 aromatic heterocycles. The monoisotopic (exact) mass is 413 g/mol. The fourth-order valence-corrected chi connectivity index (χ4v) is 3.59. The zero-order chi connectivity index (χ0) is 21.8. The van der Waals surface area contributed by atoms with Gasteiger partial charge < -0.3 is 10.4 Å². The zero-order valence-electron chi connectivity index (χ0n) is 21.1. The predicted molar refractivity (Wildman–Crippen MR) is 134 cm³/mol. The third-order valence-corrected chi connectivity index (χ3v) is 5.69. The summed E-state index contributed by atoms with van der Waals surface area (Å²) in [5.74, 6) is 0. The maximum absolute atomic E-state index is 9.93. The molecule has 0 bridgehead atoms. The molecule has 2 nitrogen and oxygen atoms in total. The molecule has 0 heterocycles. The van der Waals surface area contributed by atoms with Crippen molar-refractivity contribution in [2.24, 2.45) is 0 Å². The minimum atomic E-state index is -0.139. The third kappa shape index (κ3) is 32.8. The lowest BCUT2D eigenvalue weighted by molar-refractivity contribution is 0.158.